The number of Topliss-reactive ketones (excluding diaryl/α,β-unsaturated/α-hetero) is 1. The quantitative estimate of drug-likeness (QED) is 0.837. The number of fused-ring (bicyclic) bond motifs is 1. The lowest BCUT2D eigenvalue weighted by molar-refractivity contribution is -0.121. The number of rotatable bonds is 6. The summed E-state index contributed by atoms with van der Waals surface area (Å²) >= 11 is 0. The van der Waals surface area contributed by atoms with Crippen molar-refractivity contribution in [3.63, 3.8) is 0 Å². The second-order valence-corrected chi connectivity index (χ2v) is 5.43. The zero-order valence-corrected chi connectivity index (χ0v) is 11.2. The van der Waals surface area contributed by atoms with Crippen LogP contribution in [0.4, 0.5) is 0 Å². The summed E-state index contributed by atoms with van der Waals surface area (Å²) in [6.45, 7) is 2.70. The van der Waals surface area contributed by atoms with Crippen molar-refractivity contribution in [1.82, 2.24) is 0 Å². The van der Waals surface area contributed by atoms with E-state index in [0.717, 1.165) is 12.8 Å². The fourth-order valence-electron chi connectivity index (χ4n) is 2.70. The number of benzene rings is 1. The van der Waals surface area contributed by atoms with E-state index in [1.165, 1.54) is 36.0 Å². The molecule has 0 spiro atoms. The van der Waals surface area contributed by atoms with Gasteiger partial charge >= 0.3 is 0 Å². The van der Waals surface area contributed by atoms with Crippen LogP contribution in [0.25, 0.3) is 0 Å². The van der Waals surface area contributed by atoms with E-state index in [4.69, 9.17) is 5.73 Å². The minimum atomic E-state index is 0.141. The van der Waals surface area contributed by atoms with Crippen LogP contribution in [-0.2, 0) is 24.1 Å². The number of hydrogen-bond acceptors (Lipinski definition) is 2. The summed E-state index contributed by atoms with van der Waals surface area (Å²) in [6.07, 6.45) is 6.09. The SMILES string of the molecule is CC(CCCN)C(=O)Cc1ccc2c(c1)CCC2. The molecule has 0 aromatic heterocycles. The predicted octanol–water partition coefficient (Wildman–Crippen LogP) is 2.66. The molecule has 0 radical (unpaired) electrons. The highest BCUT2D eigenvalue weighted by atomic mass is 16.1. The third-order valence-corrected chi connectivity index (χ3v) is 3.93. The summed E-state index contributed by atoms with van der Waals surface area (Å²) in [5.41, 5.74) is 9.59. The molecule has 2 heteroatoms. The average molecular weight is 245 g/mol. The number of ketones is 1. The van der Waals surface area contributed by atoms with Crippen molar-refractivity contribution in [2.24, 2.45) is 11.7 Å². The van der Waals surface area contributed by atoms with E-state index in [1.54, 1.807) is 0 Å². The Morgan fingerprint density at radius 2 is 2.11 bits per heavy atom. The fraction of sp³-hybridized carbons (Fsp3) is 0.562. The number of carbonyl (C=O) groups is 1. The van der Waals surface area contributed by atoms with Gasteiger partial charge in [-0.3, -0.25) is 4.79 Å². The van der Waals surface area contributed by atoms with Crippen LogP contribution in [0, 0.1) is 5.92 Å². The first-order valence-corrected chi connectivity index (χ1v) is 7.04. The Labute approximate surface area is 110 Å². The van der Waals surface area contributed by atoms with Gasteiger partial charge in [0.2, 0.25) is 0 Å². The summed E-state index contributed by atoms with van der Waals surface area (Å²) in [7, 11) is 0. The Morgan fingerprint density at radius 3 is 2.89 bits per heavy atom. The van der Waals surface area contributed by atoms with E-state index in [0.29, 0.717) is 18.7 Å². The predicted molar refractivity (Wildman–Crippen MR) is 74.6 cm³/mol. The topological polar surface area (TPSA) is 43.1 Å². The number of nitrogens with two attached hydrogens (primary N) is 1. The first-order chi connectivity index (χ1) is 8.70. The minimum Gasteiger partial charge on any atom is -0.330 e. The Balaban J connectivity index is 1.94. The largest absolute Gasteiger partial charge is 0.330 e. The molecule has 0 bridgehead atoms. The zero-order valence-electron chi connectivity index (χ0n) is 11.2. The Kier molecular flexibility index (Phi) is 4.54. The van der Waals surface area contributed by atoms with Gasteiger partial charge in [0.1, 0.15) is 5.78 Å². The number of aryl methyl sites for hydroxylation is 2. The molecule has 18 heavy (non-hydrogen) atoms. The fourth-order valence-corrected chi connectivity index (χ4v) is 2.70. The van der Waals surface area contributed by atoms with Crippen molar-refractivity contribution < 1.29 is 4.79 Å². The molecule has 0 heterocycles. The highest BCUT2D eigenvalue weighted by molar-refractivity contribution is 5.83. The van der Waals surface area contributed by atoms with E-state index in [1.807, 2.05) is 6.92 Å². The van der Waals surface area contributed by atoms with Gasteiger partial charge in [0.25, 0.3) is 0 Å². The van der Waals surface area contributed by atoms with Crippen LogP contribution < -0.4 is 5.73 Å². The van der Waals surface area contributed by atoms with Crippen LogP contribution in [0.2, 0.25) is 0 Å². The van der Waals surface area contributed by atoms with Crippen molar-refractivity contribution >= 4 is 5.78 Å². The van der Waals surface area contributed by atoms with E-state index in [-0.39, 0.29) is 5.92 Å². The highest BCUT2D eigenvalue weighted by Gasteiger charge is 2.15. The maximum Gasteiger partial charge on any atom is 0.140 e. The molecule has 1 atom stereocenters. The van der Waals surface area contributed by atoms with Gasteiger partial charge in [0.05, 0.1) is 0 Å². The van der Waals surface area contributed by atoms with Crippen LogP contribution >= 0.6 is 0 Å². The minimum absolute atomic E-state index is 0.141. The smallest absolute Gasteiger partial charge is 0.140 e. The summed E-state index contributed by atoms with van der Waals surface area (Å²) in [6, 6.07) is 6.56. The molecule has 1 aromatic rings. The maximum atomic E-state index is 12.1. The molecule has 1 aromatic carbocycles. The van der Waals surface area contributed by atoms with Crippen LogP contribution in [0.3, 0.4) is 0 Å². The second-order valence-electron chi connectivity index (χ2n) is 5.43. The van der Waals surface area contributed by atoms with Crippen LogP contribution in [0.1, 0.15) is 42.9 Å². The van der Waals surface area contributed by atoms with Crippen LogP contribution in [0.5, 0.6) is 0 Å². The first-order valence-electron chi connectivity index (χ1n) is 7.04. The normalized spacial score (nSPS) is 15.4. The second kappa shape index (κ2) is 6.14. The van der Waals surface area contributed by atoms with Gasteiger partial charge in [-0.2, -0.15) is 0 Å². The van der Waals surface area contributed by atoms with E-state index >= 15 is 0 Å². The van der Waals surface area contributed by atoms with Crippen LogP contribution in [-0.4, -0.2) is 12.3 Å². The Morgan fingerprint density at radius 1 is 1.33 bits per heavy atom. The van der Waals surface area contributed by atoms with Crippen molar-refractivity contribution in [1.29, 1.82) is 0 Å². The lowest BCUT2D eigenvalue weighted by Gasteiger charge is -2.10. The third kappa shape index (κ3) is 3.20. The lowest BCUT2D eigenvalue weighted by Crippen LogP contribution is -2.15. The average Bonchev–Trinajstić information content (AvgIpc) is 2.83. The molecule has 2 rings (SSSR count). The maximum absolute atomic E-state index is 12.1. The van der Waals surface area contributed by atoms with Crippen LogP contribution in [0.15, 0.2) is 18.2 Å². The van der Waals surface area contributed by atoms with Gasteiger partial charge < -0.3 is 5.73 Å². The van der Waals surface area contributed by atoms with Gasteiger partial charge in [-0.05, 0) is 55.3 Å². The molecule has 1 aliphatic carbocycles. The summed E-state index contributed by atoms with van der Waals surface area (Å²) < 4.78 is 0. The molecule has 0 fully saturated rings. The molecule has 2 N–H and O–H groups in total. The molecule has 2 nitrogen and oxygen atoms in total. The molecular formula is C16H23NO. The molecule has 1 unspecified atom stereocenters. The third-order valence-electron chi connectivity index (χ3n) is 3.93. The summed E-state index contributed by atoms with van der Waals surface area (Å²) in [4.78, 5) is 12.1. The van der Waals surface area contributed by atoms with Gasteiger partial charge in [-0.1, -0.05) is 25.1 Å². The zero-order chi connectivity index (χ0) is 13.0. The summed E-state index contributed by atoms with van der Waals surface area (Å²) in [5, 5.41) is 0. The standard InChI is InChI=1S/C16H23NO/c1-12(4-3-9-17)16(18)11-13-7-8-14-5-2-6-15(14)10-13/h7-8,10,12H,2-6,9,11,17H2,1H3. The molecule has 1 aliphatic rings. The van der Waals surface area contributed by atoms with Crippen molar-refractivity contribution in [2.75, 3.05) is 6.54 Å². The van der Waals surface area contributed by atoms with E-state index < -0.39 is 0 Å². The number of hydrogen-bond donors (Lipinski definition) is 1. The van der Waals surface area contributed by atoms with Gasteiger partial charge in [-0.25, -0.2) is 0 Å². The van der Waals surface area contributed by atoms with Crippen molar-refractivity contribution in [2.45, 2.75) is 45.4 Å². The van der Waals surface area contributed by atoms with E-state index in [2.05, 4.69) is 18.2 Å². The molecular weight excluding hydrogens is 222 g/mol. The first kappa shape index (κ1) is 13.3. The monoisotopic (exact) mass is 245 g/mol. The summed E-state index contributed by atoms with van der Waals surface area (Å²) in [5.74, 6) is 0.489. The molecule has 0 saturated carbocycles. The highest BCUT2D eigenvalue weighted by Crippen LogP contribution is 2.23. The number of carbonyl (C=O) groups excluding carboxylic acids is 1. The van der Waals surface area contributed by atoms with Gasteiger partial charge in [0.15, 0.2) is 0 Å². The molecule has 98 valence electrons. The molecule has 0 aliphatic heterocycles. The van der Waals surface area contributed by atoms with Crippen molar-refractivity contribution in [3.05, 3.63) is 34.9 Å². The Bertz CT molecular complexity index is 425. The molecule has 0 saturated heterocycles. The van der Waals surface area contributed by atoms with Gasteiger partial charge in [-0.15, -0.1) is 0 Å². The van der Waals surface area contributed by atoms with Gasteiger partial charge in [0, 0.05) is 12.3 Å². The van der Waals surface area contributed by atoms with Crippen molar-refractivity contribution in [3.8, 4) is 0 Å². The lowest BCUT2D eigenvalue weighted by atomic mass is 9.94. The molecule has 0 amide bonds. The Hall–Kier alpha value is -1.15. The van der Waals surface area contributed by atoms with E-state index in [9.17, 15) is 4.79 Å².